The highest BCUT2D eigenvalue weighted by Crippen LogP contribution is 2.28. The van der Waals surface area contributed by atoms with Crippen molar-refractivity contribution < 1.29 is 4.74 Å². The van der Waals surface area contributed by atoms with Gasteiger partial charge in [0, 0.05) is 55.7 Å². The van der Waals surface area contributed by atoms with E-state index in [1.54, 1.807) is 11.3 Å². The number of aromatic nitrogens is 2. The van der Waals surface area contributed by atoms with Gasteiger partial charge in [0.25, 0.3) is 0 Å². The van der Waals surface area contributed by atoms with Crippen LogP contribution in [0.5, 0.6) is 0 Å². The first-order chi connectivity index (χ1) is 11.9. The van der Waals surface area contributed by atoms with Gasteiger partial charge in [-0.3, -0.25) is 14.8 Å². The second kappa shape index (κ2) is 7.70. The smallest absolute Gasteiger partial charge is 0.107 e. The van der Waals surface area contributed by atoms with Crippen molar-refractivity contribution >= 4 is 11.3 Å². The fraction of sp³-hybridized carbons (Fsp3) is 0.556. The highest BCUT2D eigenvalue weighted by molar-refractivity contribution is 7.09. The third-order valence-corrected chi connectivity index (χ3v) is 5.89. The average molecular weight is 344 g/mol. The lowest BCUT2D eigenvalue weighted by Crippen LogP contribution is -2.50. The molecule has 0 bridgehead atoms. The summed E-state index contributed by atoms with van der Waals surface area (Å²) in [5.41, 5.74) is 1.33. The molecule has 0 aromatic carbocycles. The van der Waals surface area contributed by atoms with Crippen LogP contribution in [0.1, 0.15) is 17.0 Å². The molecule has 24 heavy (non-hydrogen) atoms. The lowest BCUT2D eigenvalue weighted by atomic mass is 9.99. The summed E-state index contributed by atoms with van der Waals surface area (Å²) in [6.45, 7) is 5.94. The minimum atomic E-state index is 0.524. The van der Waals surface area contributed by atoms with Gasteiger partial charge in [-0.15, -0.1) is 11.3 Å². The zero-order valence-corrected chi connectivity index (χ0v) is 14.7. The molecule has 4 rings (SSSR count). The molecular weight excluding hydrogens is 320 g/mol. The Morgan fingerprint density at radius 3 is 2.88 bits per heavy atom. The maximum Gasteiger partial charge on any atom is 0.107 e. The summed E-state index contributed by atoms with van der Waals surface area (Å²) >= 11 is 1.76. The molecule has 0 unspecified atom stereocenters. The van der Waals surface area contributed by atoms with Crippen molar-refractivity contribution in [3.8, 4) is 0 Å². The van der Waals surface area contributed by atoms with Gasteiger partial charge in [0.1, 0.15) is 5.01 Å². The van der Waals surface area contributed by atoms with E-state index in [9.17, 15) is 0 Å². The Labute approximate surface area is 147 Å². The zero-order valence-electron chi connectivity index (χ0n) is 13.9. The third-order valence-electron chi connectivity index (χ3n) is 5.13. The molecule has 128 valence electrons. The molecule has 4 heterocycles. The summed E-state index contributed by atoms with van der Waals surface area (Å²) in [5, 5.41) is 3.29. The molecule has 0 N–H and O–H groups in total. The highest BCUT2D eigenvalue weighted by atomic mass is 32.1. The minimum absolute atomic E-state index is 0.524. The van der Waals surface area contributed by atoms with Crippen LogP contribution in [0.4, 0.5) is 0 Å². The summed E-state index contributed by atoms with van der Waals surface area (Å²) in [5.74, 6) is 0. The van der Waals surface area contributed by atoms with Gasteiger partial charge in [0.15, 0.2) is 0 Å². The molecule has 2 aliphatic rings. The predicted octanol–water partition coefficient (Wildman–Crippen LogP) is 2.06. The van der Waals surface area contributed by atoms with E-state index in [-0.39, 0.29) is 0 Å². The van der Waals surface area contributed by atoms with E-state index in [1.807, 2.05) is 24.7 Å². The first kappa shape index (κ1) is 16.1. The van der Waals surface area contributed by atoms with Gasteiger partial charge in [-0.05, 0) is 24.5 Å². The van der Waals surface area contributed by atoms with Gasteiger partial charge < -0.3 is 4.74 Å². The van der Waals surface area contributed by atoms with Gasteiger partial charge >= 0.3 is 0 Å². The van der Waals surface area contributed by atoms with Crippen molar-refractivity contribution in [1.29, 1.82) is 0 Å². The number of pyridine rings is 1. The van der Waals surface area contributed by atoms with E-state index in [0.29, 0.717) is 12.1 Å². The Bertz CT molecular complexity index is 615. The van der Waals surface area contributed by atoms with Crippen LogP contribution in [-0.2, 0) is 17.7 Å². The largest absolute Gasteiger partial charge is 0.379 e. The van der Waals surface area contributed by atoms with Crippen molar-refractivity contribution in [1.82, 2.24) is 19.8 Å². The molecule has 2 aromatic rings. The maximum absolute atomic E-state index is 5.55. The zero-order chi connectivity index (χ0) is 16.2. The number of nitrogens with zero attached hydrogens (tertiary/aromatic N) is 4. The number of ether oxygens (including phenoxy) is 1. The fourth-order valence-corrected chi connectivity index (χ4v) is 4.60. The lowest BCUT2D eigenvalue weighted by molar-refractivity contribution is 0.00788. The Balaban J connectivity index is 1.52. The Hall–Kier alpha value is -1.34. The van der Waals surface area contributed by atoms with Crippen LogP contribution in [0.25, 0.3) is 0 Å². The average Bonchev–Trinajstić information content (AvgIpc) is 3.28. The normalized spacial score (nSPS) is 26.0. The minimum Gasteiger partial charge on any atom is -0.379 e. The van der Waals surface area contributed by atoms with Crippen molar-refractivity contribution in [3.05, 3.63) is 46.7 Å². The fourth-order valence-electron chi connectivity index (χ4n) is 3.96. The van der Waals surface area contributed by atoms with Crippen molar-refractivity contribution in [2.75, 3.05) is 32.8 Å². The number of hydrogen-bond acceptors (Lipinski definition) is 6. The second-order valence-electron chi connectivity index (χ2n) is 6.53. The van der Waals surface area contributed by atoms with Gasteiger partial charge in [0.05, 0.1) is 19.8 Å². The number of hydrogen-bond donors (Lipinski definition) is 0. The van der Waals surface area contributed by atoms with Gasteiger partial charge in [-0.1, -0.05) is 6.07 Å². The summed E-state index contributed by atoms with van der Waals surface area (Å²) in [7, 11) is 0. The summed E-state index contributed by atoms with van der Waals surface area (Å²) < 4.78 is 5.55. The Morgan fingerprint density at radius 2 is 2.12 bits per heavy atom. The molecule has 6 heteroatoms. The molecule has 2 aliphatic heterocycles. The van der Waals surface area contributed by atoms with Gasteiger partial charge in [0.2, 0.25) is 0 Å². The first-order valence-electron chi connectivity index (χ1n) is 8.73. The van der Waals surface area contributed by atoms with E-state index < -0.39 is 0 Å². The van der Waals surface area contributed by atoms with Crippen molar-refractivity contribution in [2.45, 2.75) is 31.5 Å². The van der Waals surface area contributed by atoms with Gasteiger partial charge in [-0.25, -0.2) is 4.98 Å². The molecule has 0 amide bonds. The van der Waals surface area contributed by atoms with E-state index in [2.05, 4.69) is 31.2 Å². The lowest BCUT2D eigenvalue weighted by Gasteiger charge is -2.37. The van der Waals surface area contributed by atoms with Crippen LogP contribution in [0.3, 0.4) is 0 Å². The molecule has 2 fully saturated rings. The molecule has 2 aromatic heterocycles. The van der Waals surface area contributed by atoms with Crippen LogP contribution in [0, 0.1) is 0 Å². The SMILES string of the molecule is c1cncc(C[C@@H]2[C@@H](N3CCOCC3)CCN2Cc2nccs2)c1. The highest BCUT2D eigenvalue weighted by Gasteiger charge is 2.38. The van der Waals surface area contributed by atoms with Gasteiger partial charge in [-0.2, -0.15) is 0 Å². The second-order valence-corrected chi connectivity index (χ2v) is 7.51. The quantitative estimate of drug-likeness (QED) is 0.830. The van der Waals surface area contributed by atoms with E-state index in [1.165, 1.54) is 17.0 Å². The summed E-state index contributed by atoms with van der Waals surface area (Å²) in [6, 6.07) is 5.37. The number of morpholine rings is 1. The Kier molecular flexibility index (Phi) is 5.18. The monoisotopic (exact) mass is 344 g/mol. The number of thiazole rings is 1. The standard InChI is InChI=1S/C18H24N4OS/c1-2-15(13-19-4-1)12-17-16(21-7-9-23-10-8-21)3-6-22(17)14-18-20-5-11-24-18/h1-2,4-5,11,13,16-17H,3,6-10,12,14H2/t16-,17+/m0/s1. The van der Waals surface area contributed by atoms with Crippen LogP contribution in [-0.4, -0.2) is 64.7 Å². The number of rotatable bonds is 5. The van der Waals surface area contributed by atoms with Crippen LogP contribution < -0.4 is 0 Å². The molecule has 0 saturated carbocycles. The molecule has 5 nitrogen and oxygen atoms in total. The van der Waals surface area contributed by atoms with E-state index >= 15 is 0 Å². The number of likely N-dealkylation sites (tertiary alicyclic amines) is 1. The van der Waals surface area contributed by atoms with E-state index in [0.717, 1.165) is 45.8 Å². The third kappa shape index (κ3) is 3.67. The van der Waals surface area contributed by atoms with Crippen molar-refractivity contribution in [2.24, 2.45) is 0 Å². The summed E-state index contributed by atoms with van der Waals surface area (Å²) in [4.78, 5) is 14.0. The first-order valence-corrected chi connectivity index (χ1v) is 9.61. The predicted molar refractivity (Wildman–Crippen MR) is 95.1 cm³/mol. The van der Waals surface area contributed by atoms with Crippen LogP contribution in [0.15, 0.2) is 36.1 Å². The van der Waals surface area contributed by atoms with Crippen LogP contribution in [0.2, 0.25) is 0 Å². The van der Waals surface area contributed by atoms with E-state index in [4.69, 9.17) is 4.74 Å². The molecule has 0 radical (unpaired) electrons. The molecule has 2 saturated heterocycles. The topological polar surface area (TPSA) is 41.5 Å². The summed E-state index contributed by atoms with van der Waals surface area (Å²) in [6.07, 6.45) is 8.06. The van der Waals surface area contributed by atoms with Crippen molar-refractivity contribution in [3.63, 3.8) is 0 Å². The molecule has 0 spiro atoms. The molecule has 2 atom stereocenters. The van der Waals surface area contributed by atoms with Crippen LogP contribution >= 0.6 is 11.3 Å². The molecule has 0 aliphatic carbocycles. The molecular formula is C18H24N4OS. The maximum atomic E-state index is 5.55. The Morgan fingerprint density at radius 1 is 1.21 bits per heavy atom.